The molecule has 0 amide bonds. The SMILES string of the molecule is CCCCc1nc(Cl)c(C(=O)O)n1Cc1ccc(-c2ccccc2-c2nnn(C(C)OC(=O)OCc3ccc(CO[N+](=O)[O-])cc3)n2)cc1. The largest absolute Gasteiger partial charge is 0.510 e. The molecule has 1 atom stereocenters. The van der Waals surface area contributed by atoms with Gasteiger partial charge in [0.15, 0.2) is 10.8 Å². The Kier molecular flexibility index (Phi) is 11.2. The van der Waals surface area contributed by atoms with Gasteiger partial charge in [-0.2, -0.15) is 0 Å². The fraction of sp³-hybridized carbons (Fsp3) is 0.273. The number of carboxylic acid groups (broad SMARTS) is 1. The van der Waals surface area contributed by atoms with Crippen LogP contribution in [-0.2, 0) is 40.5 Å². The number of tetrazole rings is 1. The van der Waals surface area contributed by atoms with E-state index in [1.807, 2.05) is 48.5 Å². The Balaban J connectivity index is 1.23. The van der Waals surface area contributed by atoms with E-state index in [1.165, 1.54) is 0 Å². The normalized spacial score (nSPS) is 11.6. The number of rotatable bonds is 15. The number of hydrogen-bond acceptors (Lipinski definition) is 11. The molecule has 2 aromatic heterocycles. The number of aromatic carboxylic acids is 1. The van der Waals surface area contributed by atoms with Crippen molar-refractivity contribution >= 4 is 23.7 Å². The van der Waals surface area contributed by atoms with Gasteiger partial charge >= 0.3 is 12.1 Å². The third kappa shape index (κ3) is 8.75. The number of carbonyl (C=O) groups excluding carboxylic acids is 1. The third-order valence-electron chi connectivity index (χ3n) is 7.47. The zero-order valence-corrected chi connectivity index (χ0v) is 27.3. The van der Waals surface area contributed by atoms with Gasteiger partial charge in [-0.15, -0.1) is 25.1 Å². The highest BCUT2D eigenvalue weighted by Gasteiger charge is 2.22. The van der Waals surface area contributed by atoms with E-state index in [4.69, 9.17) is 21.1 Å². The van der Waals surface area contributed by atoms with Crippen molar-refractivity contribution < 1.29 is 34.1 Å². The van der Waals surface area contributed by atoms with Crippen LogP contribution in [0.15, 0.2) is 72.8 Å². The molecular formula is C33H32ClN7O8. The smallest absolute Gasteiger partial charge is 0.476 e. The first-order chi connectivity index (χ1) is 23.6. The molecule has 15 nitrogen and oxygen atoms in total. The van der Waals surface area contributed by atoms with Crippen LogP contribution < -0.4 is 0 Å². The lowest BCUT2D eigenvalue weighted by Gasteiger charge is -2.12. The van der Waals surface area contributed by atoms with Crippen LogP contribution in [0.3, 0.4) is 0 Å². The topological polar surface area (TPSA) is 187 Å². The van der Waals surface area contributed by atoms with Gasteiger partial charge in [-0.1, -0.05) is 97.7 Å². The van der Waals surface area contributed by atoms with E-state index >= 15 is 0 Å². The van der Waals surface area contributed by atoms with Crippen LogP contribution in [0.25, 0.3) is 22.5 Å². The van der Waals surface area contributed by atoms with E-state index in [9.17, 15) is 24.8 Å². The van der Waals surface area contributed by atoms with Crippen molar-refractivity contribution in [3.8, 4) is 22.5 Å². The minimum atomic E-state index is -1.13. The van der Waals surface area contributed by atoms with Gasteiger partial charge in [0.1, 0.15) is 19.0 Å². The molecule has 2 heterocycles. The number of carboxylic acids is 1. The Labute approximate surface area is 285 Å². The second kappa shape index (κ2) is 15.8. The van der Waals surface area contributed by atoms with Gasteiger partial charge in [-0.3, -0.25) is 0 Å². The van der Waals surface area contributed by atoms with Crippen molar-refractivity contribution in [2.45, 2.75) is 59.1 Å². The van der Waals surface area contributed by atoms with Crippen molar-refractivity contribution in [1.29, 1.82) is 0 Å². The van der Waals surface area contributed by atoms with Crippen molar-refractivity contribution in [3.05, 3.63) is 116 Å². The van der Waals surface area contributed by atoms with Crippen molar-refractivity contribution in [3.63, 3.8) is 0 Å². The Hall–Kier alpha value is -5.83. The van der Waals surface area contributed by atoms with Gasteiger partial charge in [0.05, 0.1) is 0 Å². The molecule has 16 heteroatoms. The summed E-state index contributed by atoms with van der Waals surface area (Å²) < 4.78 is 12.2. The van der Waals surface area contributed by atoms with E-state index in [0.717, 1.165) is 34.3 Å². The predicted molar refractivity (Wildman–Crippen MR) is 175 cm³/mol. The number of carbonyl (C=O) groups is 2. The Morgan fingerprint density at radius 3 is 2.29 bits per heavy atom. The zero-order chi connectivity index (χ0) is 34.9. The highest BCUT2D eigenvalue weighted by molar-refractivity contribution is 6.32. The van der Waals surface area contributed by atoms with E-state index in [1.54, 1.807) is 35.8 Å². The van der Waals surface area contributed by atoms with Gasteiger partial charge in [0.25, 0.3) is 5.09 Å². The lowest BCUT2D eigenvalue weighted by atomic mass is 9.98. The quantitative estimate of drug-likeness (QED) is 0.0713. The lowest BCUT2D eigenvalue weighted by molar-refractivity contribution is -0.763. The van der Waals surface area contributed by atoms with Crippen molar-refractivity contribution in [2.75, 3.05) is 0 Å². The molecule has 0 spiro atoms. The van der Waals surface area contributed by atoms with Crippen LogP contribution in [0, 0.1) is 10.1 Å². The van der Waals surface area contributed by atoms with Crippen LogP contribution in [0.2, 0.25) is 5.15 Å². The van der Waals surface area contributed by atoms with Gasteiger partial charge in [-0.25, -0.2) is 14.6 Å². The predicted octanol–water partition coefficient (Wildman–Crippen LogP) is 6.53. The number of benzene rings is 3. The number of hydrogen-bond donors (Lipinski definition) is 1. The van der Waals surface area contributed by atoms with Crippen LogP contribution in [-0.4, -0.2) is 52.1 Å². The Bertz CT molecular complexity index is 1930. The van der Waals surface area contributed by atoms with Crippen molar-refractivity contribution in [1.82, 2.24) is 29.8 Å². The molecule has 5 aromatic rings. The maximum Gasteiger partial charge on any atom is 0.510 e. The number of aromatic nitrogens is 6. The van der Waals surface area contributed by atoms with Gasteiger partial charge in [0.2, 0.25) is 12.1 Å². The van der Waals surface area contributed by atoms with Crippen LogP contribution in [0.1, 0.15) is 65.9 Å². The fourth-order valence-electron chi connectivity index (χ4n) is 4.98. The molecule has 0 aliphatic heterocycles. The van der Waals surface area contributed by atoms with Crippen molar-refractivity contribution in [2.24, 2.45) is 0 Å². The second-order valence-corrected chi connectivity index (χ2v) is 11.3. The van der Waals surface area contributed by atoms with Gasteiger partial charge in [0, 0.05) is 18.5 Å². The Morgan fingerprint density at radius 1 is 0.980 bits per heavy atom. The molecule has 3 aromatic carbocycles. The van der Waals surface area contributed by atoms with Crippen LogP contribution in [0.5, 0.6) is 0 Å². The number of ether oxygens (including phenoxy) is 2. The summed E-state index contributed by atoms with van der Waals surface area (Å²) in [5.41, 5.74) is 4.47. The maximum absolute atomic E-state index is 12.4. The highest BCUT2D eigenvalue weighted by Crippen LogP contribution is 2.31. The Morgan fingerprint density at radius 2 is 1.63 bits per heavy atom. The molecule has 49 heavy (non-hydrogen) atoms. The standard InChI is InChI=1S/C33H32ClN7O8/c1-3-4-9-28-35-30(34)29(32(42)43)39(28)18-22-14-16-25(17-15-22)26-7-5-6-8-27(26)31-36-38-40(37-31)21(2)49-33(44)47-19-23-10-12-24(13-11-23)20-48-41(45)46/h5-8,10-17,21H,3-4,9,18-20H2,1-2H3,(H,42,43). The summed E-state index contributed by atoms with van der Waals surface area (Å²) >= 11 is 6.19. The maximum atomic E-state index is 12.4. The highest BCUT2D eigenvalue weighted by atomic mass is 35.5. The first-order valence-corrected chi connectivity index (χ1v) is 15.7. The molecule has 0 bridgehead atoms. The van der Waals surface area contributed by atoms with Crippen LogP contribution in [0.4, 0.5) is 4.79 Å². The van der Waals surface area contributed by atoms with Crippen LogP contribution >= 0.6 is 11.6 Å². The number of halogens is 1. The average Bonchev–Trinajstić information content (AvgIpc) is 3.71. The molecule has 0 radical (unpaired) electrons. The fourth-order valence-corrected chi connectivity index (χ4v) is 5.26. The van der Waals surface area contributed by atoms with E-state index in [-0.39, 0.29) is 24.1 Å². The van der Waals surface area contributed by atoms with E-state index < -0.39 is 23.4 Å². The van der Waals surface area contributed by atoms with Gasteiger partial charge in [-0.05, 0) is 46.4 Å². The number of nitrogens with zero attached hydrogens (tertiary/aromatic N) is 7. The monoisotopic (exact) mass is 689 g/mol. The molecule has 0 aliphatic carbocycles. The molecule has 0 saturated heterocycles. The van der Waals surface area contributed by atoms with E-state index in [2.05, 4.69) is 32.2 Å². The first-order valence-electron chi connectivity index (χ1n) is 15.3. The number of unbranched alkanes of at least 4 members (excludes halogenated alkanes) is 1. The average molecular weight is 690 g/mol. The summed E-state index contributed by atoms with van der Waals surface area (Å²) in [5, 5.41) is 31.9. The minimum Gasteiger partial charge on any atom is -0.476 e. The van der Waals surface area contributed by atoms with Gasteiger partial charge < -0.3 is 24.0 Å². The summed E-state index contributed by atoms with van der Waals surface area (Å²) in [5.74, 6) is -0.187. The molecule has 5 rings (SSSR count). The third-order valence-corrected chi connectivity index (χ3v) is 7.73. The molecule has 0 saturated carbocycles. The summed E-state index contributed by atoms with van der Waals surface area (Å²) in [4.78, 5) is 44.4. The molecule has 0 fully saturated rings. The molecule has 1 unspecified atom stereocenters. The number of aryl methyl sites for hydroxylation is 1. The first kappa shape index (κ1) is 34.5. The summed E-state index contributed by atoms with van der Waals surface area (Å²) in [6.07, 6.45) is 0.539. The second-order valence-electron chi connectivity index (χ2n) is 10.9. The number of imidazole rings is 1. The molecule has 254 valence electrons. The zero-order valence-electron chi connectivity index (χ0n) is 26.6. The van der Waals surface area contributed by atoms with E-state index in [0.29, 0.717) is 41.3 Å². The molecule has 1 N–H and O–H groups in total. The minimum absolute atomic E-state index is 0.0199. The molecular weight excluding hydrogens is 658 g/mol. The summed E-state index contributed by atoms with van der Waals surface area (Å²) in [6, 6.07) is 21.8. The summed E-state index contributed by atoms with van der Waals surface area (Å²) in [6.45, 7) is 3.65. The molecule has 0 aliphatic rings. The lowest BCUT2D eigenvalue weighted by Crippen LogP contribution is -2.18. The summed E-state index contributed by atoms with van der Waals surface area (Å²) in [7, 11) is 0.